The number of aliphatic carboxylic acids is 1. The van der Waals surface area contributed by atoms with Gasteiger partial charge in [0.25, 0.3) is 0 Å². The third-order valence-electron chi connectivity index (χ3n) is 2.50. The van der Waals surface area contributed by atoms with Crippen molar-refractivity contribution >= 4 is 5.97 Å². The molecule has 0 saturated heterocycles. The summed E-state index contributed by atoms with van der Waals surface area (Å²) < 4.78 is 1.74. The summed E-state index contributed by atoms with van der Waals surface area (Å²) in [6.07, 6.45) is 2.09. The van der Waals surface area contributed by atoms with Crippen LogP contribution in [0.2, 0.25) is 0 Å². The third kappa shape index (κ3) is 4.48. The molecule has 1 aromatic heterocycles. The number of carboxylic acid groups (broad SMARTS) is 1. The van der Waals surface area contributed by atoms with Gasteiger partial charge in [-0.1, -0.05) is 20.3 Å². The Balaban J connectivity index is 2.59. The van der Waals surface area contributed by atoms with E-state index in [1.165, 1.54) is 0 Å². The zero-order valence-corrected chi connectivity index (χ0v) is 10.3. The normalized spacial score (nSPS) is 11.0. The van der Waals surface area contributed by atoms with Gasteiger partial charge in [-0.2, -0.15) is 0 Å². The highest BCUT2D eigenvalue weighted by atomic mass is 16.4. The predicted octanol–water partition coefficient (Wildman–Crippen LogP) is 0.380. The minimum atomic E-state index is -0.834. The van der Waals surface area contributed by atoms with Crippen molar-refractivity contribution in [2.45, 2.75) is 39.8 Å². The van der Waals surface area contributed by atoms with Crippen LogP contribution in [0.15, 0.2) is 0 Å². The van der Waals surface area contributed by atoms with Crippen LogP contribution in [0, 0.1) is 0 Å². The second-order valence-electron chi connectivity index (χ2n) is 3.87. The van der Waals surface area contributed by atoms with Gasteiger partial charge in [0.05, 0.1) is 13.1 Å². The van der Waals surface area contributed by atoms with E-state index in [1.54, 1.807) is 9.58 Å². The molecule has 1 rings (SSSR count). The van der Waals surface area contributed by atoms with Gasteiger partial charge in [-0.3, -0.25) is 9.69 Å². The largest absolute Gasteiger partial charge is 0.480 e. The monoisotopic (exact) mass is 241 g/mol. The number of tetrazole rings is 1. The lowest BCUT2D eigenvalue weighted by Crippen LogP contribution is -2.30. The van der Waals surface area contributed by atoms with Gasteiger partial charge in [0.2, 0.25) is 0 Å². The number of unbranched alkanes of at least 4 members (excludes halogenated alkanes) is 1. The number of carboxylic acids is 1. The predicted molar refractivity (Wildman–Crippen MR) is 61.3 cm³/mol. The Labute approximate surface area is 100 Å². The fourth-order valence-corrected chi connectivity index (χ4v) is 1.49. The fraction of sp³-hybridized carbons (Fsp3) is 0.800. The summed E-state index contributed by atoms with van der Waals surface area (Å²) in [4.78, 5) is 12.4. The molecule has 1 heterocycles. The number of hydrogen-bond donors (Lipinski definition) is 1. The summed E-state index contributed by atoms with van der Waals surface area (Å²) in [6, 6.07) is 0. The molecule has 0 unspecified atom stereocenters. The zero-order chi connectivity index (χ0) is 12.7. The van der Waals surface area contributed by atoms with E-state index in [9.17, 15) is 4.79 Å². The quantitative estimate of drug-likeness (QED) is 0.708. The van der Waals surface area contributed by atoms with Crippen LogP contribution in [0.4, 0.5) is 0 Å². The molecule has 0 fully saturated rings. The van der Waals surface area contributed by atoms with Crippen molar-refractivity contribution in [3.05, 3.63) is 5.82 Å². The van der Waals surface area contributed by atoms with Crippen molar-refractivity contribution in [3.8, 4) is 0 Å². The number of carbonyl (C=O) groups is 1. The van der Waals surface area contributed by atoms with Crippen LogP contribution in [-0.2, 0) is 17.9 Å². The molecule has 7 heteroatoms. The molecule has 0 atom stereocenters. The number of aryl methyl sites for hydroxylation is 1. The Morgan fingerprint density at radius 1 is 1.47 bits per heavy atom. The maximum Gasteiger partial charge on any atom is 0.317 e. The van der Waals surface area contributed by atoms with Gasteiger partial charge in [-0.25, -0.2) is 4.68 Å². The number of hydrogen-bond acceptors (Lipinski definition) is 5. The molecule has 0 aliphatic rings. The van der Waals surface area contributed by atoms with Crippen LogP contribution >= 0.6 is 0 Å². The van der Waals surface area contributed by atoms with E-state index < -0.39 is 5.97 Å². The summed E-state index contributed by atoms with van der Waals surface area (Å²) in [5.41, 5.74) is 0. The standard InChI is InChI=1S/C10H19N5O2/c1-3-5-6-15-9(11-12-13-15)7-14(4-2)8-10(16)17/h3-8H2,1-2H3,(H,16,17). The Kier molecular flexibility index (Phi) is 5.55. The SMILES string of the molecule is CCCCn1nnnc1CN(CC)CC(=O)O. The molecule has 1 aromatic rings. The molecule has 1 N–H and O–H groups in total. The summed E-state index contributed by atoms with van der Waals surface area (Å²) >= 11 is 0. The van der Waals surface area contributed by atoms with E-state index in [1.807, 2.05) is 6.92 Å². The first-order valence-electron chi connectivity index (χ1n) is 5.86. The molecule has 0 aliphatic heterocycles. The zero-order valence-electron chi connectivity index (χ0n) is 10.3. The summed E-state index contributed by atoms with van der Waals surface area (Å²) in [6.45, 7) is 5.95. The number of nitrogens with zero attached hydrogens (tertiary/aromatic N) is 5. The van der Waals surface area contributed by atoms with Crippen molar-refractivity contribution < 1.29 is 9.90 Å². The molecule has 0 aromatic carbocycles. The Hall–Kier alpha value is -1.50. The van der Waals surface area contributed by atoms with Crippen molar-refractivity contribution in [1.29, 1.82) is 0 Å². The maximum absolute atomic E-state index is 10.7. The Morgan fingerprint density at radius 3 is 2.82 bits per heavy atom. The lowest BCUT2D eigenvalue weighted by molar-refractivity contribution is -0.138. The Morgan fingerprint density at radius 2 is 2.24 bits per heavy atom. The van der Waals surface area contributed by atoms with Gasteiger partial charge in [0.15, 0.2) is 5.82 Å². The molecule has 0 radical (unpaired) electrons. The molecule has 96 valence electrons. The average Bonchev–Trinajstić information content (AvgIpc) is 2.72. The summed E-state index contributed by atoms with van der Waals surface area (Å²) in [7, 11) is 0. The van der Waals surface area contributed by atoms with Crippen molar-refractivity contribution in [1.82, 2.24) is 25.1 Å². The molecule has 0 saturated carbocycles. The first-order valence-corrected chi connectivity index (χ1v) is 5.86. The van der Waals surface area contributed by atoms with E-state index in [4.69, 9.17) is 5.11 Å². The van der Waals surface area contributed by atoms with Gasteiger partial charge in [0, 0.05) is 6.54 Å². The van der Waals surface area contributed by atoms with Crippen molar-refractivity contribution in [2.24, 2.45) is 0 Å². The number of rotatable bonds is 8. The van der Waals surface area contributed by atoms with E-state index in [0.717, 1.165) is 25.2 Å². The average molecular weight is 241 g/mol. The smallest absolute Gasteiger partial charge is 0.317 e. The molecule has 7 nitrogen and oxygen atoms in total. The highest BCUT2D eigenvalue weighted by Crippen LogP contribution is 2.01. The van der Waals surface area contributed by atoms with E-state index in [0.29, 0.717) is 13.1 Å². The van der Waals surface area contributed by atoms with Gasteiger partial charge < -0.3 is 5.11 Å². The van der Waals surface area contributed by atoms with Gasteiger partial charge >= 0.3 is 5.97 Å². The molecule has 0 aliphatic carbocycles. The molecular weight excluding hydrogens is 222 g/mol. The maximum atomic E-state index is 10.7. The first kappa shape index (κ1) is 13.6. The van der Waals surface area contributed by atoms with Crippen LogP contribution in [0.25, 0.3) is 0 Å². The van der Waals surface area contributed by atoms with E-state index in [2.05, 4.69) is 22.4 Å². The minimum absolute atomic E-state index is 0.0110. The van der Waals surface area contributed by atoms with E-state index in [-0.39, 0.29) is 6.54 Å². The van der Waals surface area contributed by atoms with Crippen LogP contribution < -0.4 is 0 Å². The molecule has 0 bridgehead atoms. The molecule has 0 spiro atoms. The van der Waals surface area contributed by atoms with E-state index >= 15 is 0 Å². The van der Waals surface area contributed by atoms with Crippen LogP contribution in [0.3, 0.4) is 0 Å². The lowest BCUT2D eigenvalue weighted by Gasteiger charge is -2.16. The number of likely N-dealkylation sites (N-methyl/N-ethyl adjacent to an activating group) is 1. The summed E-state index contributed by atoms with van der Waals surface area (Å²) in [5, 5.41) is 20.2. The second-order valence-corrected chi connectivity index (χ2v) is 3.87. The molecule has 17 heavy (non-hydrogen) atoms. The van der Waals surface area contributed by atoms with Crippen LogP contribution in [0.1, 0.15) is 32.5 Å². The van der Waals surface area contributed by atoms with Crippen molar-refractivity contribution in [3.63, 3.8) is 0 Å². The lowest BCUT2D eigenvalue weighted by atomic mass is 10.3. The molecule has 0 amide bonds. The second kappa shape index (κ2) is 6.95. The third-order valence-corrected chi connectivity index (χ3v) is 2.50. The van der Waals surface area contributed by atoms with Crippen LogP contribution in [0.5, 0.6) is 0 Å². The topological polar surface area (TPSA) is 84.1 Å². The van der Waals surface area contributed by atoms with Gasteiger partial charge in [0.1, 0.15) is 0 Å². The molecular formula is C10H19N5O2. The van der Waals surface area contributed by atoms with Gasteiger partial charge in [-0.15, -0.1) is 5.10 Å². The minimum Gasteiger partial charge on any atom is -0.480 e. The number of aromatic nitrogens is 4. The first-order chi connectivity index (χ1) is 8.17. The highest BCUT2D eigenvalue weighted by Gasteiger charge is 2.13. The van der Waals surface area contributed by atoms with Crippen LogP contribution in [-0.4, -0.2) is 49.3 Å². The van der Waals surface area contributed by atoms with Gasteiger partial charge in [-0.05, 0) is 23.4 Å². The summed E-state index contributed by atoms with van der Waals surface area (Å²) in [5.74, 6) is -0.110. The van der Waals surface area contributed by atoms with Crippen molar-refractivity contribution in [2.75, 3.05) is 13.1 Å². The fourth-order valence-electron chi connectivity index (χ4n) is 1.49. The highest BCUT2D eigenvalue weighted by molar-refractivity contribution is 5.69. The Bertz CT molecular complexity index is 352.